The molecular weight excluding hydrogens is 245 g/mol. The summed E-state index contributed by atoms with van der Waals surface area (Å²) < 4.78 is 5.59. The second kappa shape index (κ2) is 4.11. The smallest absolute Gasteiger partial charge is 0.226 e. The molecule has 0 atom stereocenters. The zero-order valence-corrected chi connectivity index (χ0v) is 10.5. The average molecular weight is 256 g/mol. The van der Waals surface area contributed by atoms with Crippen molar-refractivity contribution in [2.24, 2.45) is 0 Å². The molecule has 0 N–H and O–H groups in total. The largest absolute Gasteiger partial charge is 0.439 e. The van der Waals surface area contributed by atoms with E-state index in [1.54, 1.807) is 18.3 Å². The average Bonchev–Trinajstić information content (AvgIpc) is 2.67. The Morgan fingerprint density at radius 2 is 1.81 bits per heavy atom. The molecule has 0 aliphatic carbocycles. The van der Waals surface area contributed by atoms with Crippen molar-refractivity contribution in [3.05, 3.63) is 41.2 Å². The maximum atomic E-state index is 6.13. The van der Waals surface area contributed by atoms with Gasteiger partial charge in [-0.05, 0) is 38.1 Å². The number of aromatic nitrogens is 1. The number of hydrogen-bond donors (Lipinski definition) is 0. The topological polar surface area (TPSA) is 26.0 Å². The Labute approximate surface area is 104 Å². The van der Waals surface area contributed by atoms with Crippen molar-refractivity contribution in [2.45, 2.75) is 18.7 Å². The number of alkyl halides is 1. The molecule has 0 radical (unpaired) electrons. The predicted octanol–water partition coefficient (Wildman–Crippen LogP) is 4.47. The van der Waals surface area contributed by atoms with Crippen LogP contribution in [0.4, 0.5) is 0 Å². The first-order chi connectivity index (χ1) is 7.47. The first-order valence-corrected chi connectivity index (χ1v) is 5.63. The predicted molar refractivity (Wildman–Crippen MR) is 65.8 cm³/mol. The Bertz CT molecular complexity index is 482. The highest BCUT2D eigenvalue weighted by Gasteiger charge is 2.22. The van der Waals surface area contributed by atoms with Gasteiger partial charge in [-0.2, -0.15) is 0 Å². The van der Waals surface area contributed by atoms with Crippen LogP contribution in [0.5, 0.6) is 0 Å². The highest BCUT2D eigenvalue weighted by molar-refractivity contribution is 6.30. The summed E-state index contributed by atoms with van der Waals surface area (Å²) in [7, 11) is 0. The molecule has 0 fully saturated rings. The van der Waals surface area contributed by atoms with Crippen LogP contribution in [0.15, 0.2) is 34.9 Å². The first-order valence-electron chi connectivity index (χ1n) is 4.88. The monoisotopic (exact) mass is 255 g/mol. The van der Waals surface area contributed by atoms with E-state index in [0.717, 1.165) is 5.56 Å². The van der Waals surface area contributed by atoms with Gasteiger partial charge in [0, 0.05) is 10.6 Å². The summed E-state index contributed by atoms with van der Waals surface area (Å²) in [4.78, 5) is 3.64. The van der Waals surface area contributed by atoms with Crippen molar-refractivity contribution >= 4 is 23.2 Å². The summed E-state index contributed by atoms with van der Waals surface area (Å²) in [5.74, 6) is 1.21. The minimum absolute atomic E-state index is 0.544. The fraction of sp³-hybridized carbons (Fsp3) is 0.250. The minimum atomic E-state index is -0.544. The minimum Gasteiger partial charge on any atom is -0.439 e. The second-order valence-electron chi connectivity index (χ2n) is 4.01. The van der Waals surface area contributed by atoms with Gasteiger partial charge in [-0.25, -0.2) is 4.98 Å². The summed E-state index contributed by atoms with van der Waals surface area (Å²) in [6.45, 7) is 3.72. The molecule has 0 aliphatic rings. The molecule has 0 saturated carbocycles. The van der Waals surface area contributed by atoms with Gasteiger partial charge in [0.05, 0.1) is 11.1 Å². The molecule has 1 aromatic heterocycles. The van der Waals surface area contributed by atoms with Gasteiger partial charge in [-0.3, -0.25) is 0 Å². The fourth-order valence-electron chi connectivity index (χ4n) is 1.27. The molecule has 1 aromatic carbocycles. The van der Waals surface area contributed by atoms with Crippen molar-refractivity contribution in [2.75, 3.05) is 0 Å². The molecule has 0 spiro atoms. The molecule has 1 heterocycles. The lowest BCUT2D eigenvalue weighted by Crippen LogP contribution is -2.04. The molecule has 84 valence electrons. The highest BCUT2D eigenvalue weighted by Crippen LogP contribution is 2.31. The van der Waals surface area contributed by atoms with Gasteiger partial charge in [0.1, 0.15) is 5.76 Å². The maximum absolute atomic E-state index is 6.13. The van der Waals surface area contributed by atoms with Crippen LogP contribution in [-0.4, -0.2) is 4.98 Å². The molecule has 0 amide bonds. The Balaban J connectivity index is 2.35. The van der Waals surface area contributed by atoms with E-state index in [-0.39, 0.29) is 0 Å². The molecule has 16 heavy (non-hydrogen) atoms. The summed E-state index contributed by atoms with van der Waals surface area (Å²) in [5, 5.41) is 0.688. The molecule has 0 saturated heterocycles. The van der Waals surface area contributed by atoms with E-state index in [0.29, 0.717) is 16.7 Å². The van der Waals surface area contributed by atoms with Gasteiger partial charge in [-0.15, -0.1) is 11.6 Å². The highest BCUT2D eigenvalue weighted by atomic mass is 35.5. The number of rotatable bonds is 2. The summed E-state index contributed by atoms with van der Waals surface area (Å²) >= 11 is 11.9. The van der Waals surface area contributed by atoms with Gasteiger partial charge >= 0.3 is 0 Å². The van der Waals surface area contributed by atoms with Crippen LogP contribution in [0.1, 0.15) is 19.6 Å². The second-order valence-corrected chi connectivity index (χ2v) is 5.39. The molecule has 0 aliphatic heterocycles. The van der Waals surface area contributed by atoms with E-state index < -0.39 is 4.87 Å². The van der Waals surface area contributed by atoms with Crippen LogP contribution in [0.2, 0.25) is 5.02 Å². The Kier molecular flexibility index (Phi) is 2.96. The van der Waals surface area contributed by atoms with Gasteiger partial charge < -0.3 is 4.42 Å². The van der Waals surface area contributed by atoms with E-state index in [2.05, 4.69) is 4.98 Å². The van der Waals surface area contributed by atoms with Crippen LogP contribution in [0.3, 0.4) is 0 Å². The Hall–Kier alpha value is -0.990. The lowest BCUT2D eigenvalue weighted by molar-refractivity contribution is 0.472. The number of benzene rings is 1. The van der Waals surface area contributed by atoms with Crippen molar-refractivity contribution in [1.82, 2.24) is 4.98 Å². The molecule has 2 nitrogen and oxygen atoms in total. The fourth-order valence-corrected chi connectivity index (χ4v) is 1.49. The van der Waals surface area contributed by atoms with Crippen LogP contribution in [0, 0.1) is 0 Å². The number of nitrogens with zero attached hydrogens (tertiary/aromatic N) is 1. The molecule has 0 bridgehead atoms. The van der Waals surface area contributed by atoms with Crippen LogP contribution >= 0.6 is 23.2 Å². The van der Waals surface area contributed by atoms with Crippen LogP contribution < -0.4 is 0 Å². The van der Waals surface area contributed by atoms with Crippen LogP contribution in [-0.2, 0) is 4.87 Å². The van der Waals surface area contributed by atoms with E-state index in [1.807, 2.05) is 26.0 Å². The van der Waals surface area contributed by atoms with Gasteiger partial charge in [0.2, 0.25) is 5.89 Å². The number of halogens is 2. The van der Waals surface area contributed by atoms with Crippen molar-refractivity contribution in [1.29, 1.82) is 0 Å². The quantitative estimate of drug-likeness (QED) is 0.741. The van der Waals surface area contributed by atoms with E-state index in [1.165, 1.54) is 0 Å². The zero-order chi connectivity index (χ0) is 11.8. The van der Waals surface area contributed by atoms with E-state index >= 15 is 0 Å². The number of oxazole rings is 1. The van der Waals surface area contributed by atoms with Crippen molar-refractivity contribution < 1.29 is 4.42 Å². The maximum Gasteiger partial charge on any atom is 0.226 e. The normalized spacial score (nSPS) is 11.8. The lowest BCUT2D eigenvalue weighted by Gasteiger charge is -2.10. The summed E-state index contributed by atoms with van der Waals surface area (Å²) in [5.41, 5.74) is 0.886. The van der Waals surface area contributed by atoms with Gasteiger partial charge in [0.15, 0.2) is 0 Å². The summed E-state index contributed by atoms with van der Waals surface area (Å²) in [6, 6.07) is 7.32. The third-order valence-corrected chi connectivity index (χ3v) is 2.62. The lowest BCUT2D eigenvalue weighted by atomic mass is 10.2. The van der Waals surface area contributed by atoms with E-state index in [9.17, 15) is 0 Å². The molecule has 2 rings (SSSR count). The van der Waals surface area contributed by atoms with E-state index in [4.69, 9.17) is 27.6 Å². The zero-order valence-electron chi connectivity index (χ0n) is 9.00. The SMILES string of the molecule is CC(C)(Cl)c1cnc(-c2ccc(Cl)cc2)o1. The molecule has 4 heteroatoms. The summed E-state index contributed by atoms with van der Waals surface area (Å²) in [6.07, 6.45) is 1.65. The molecule has 2 aromatic rings. The Morgan fingerprint density at radius 3 is 2.31 bits per heavy atom. The first kappa shape index (κ1) is 11.5. The third-order valence-electron chi connectivity index (χ3n) is 2.18. The van der Waals surface area contributed by atoms with Gasteiger partial charge in [0.25, 0.3) is 0 Å². The Morgan fingerprint density at radius 1 is 1.19 bits per heavy atom. The third kappa shape index (κ3) is 2.39. The number of hydrogen-bond acceptors (Lipinski definition) is 2. The van der Waals surface area contributed by atoms with Crippen molar-refractivity contribution in [3.63, 3.8) is 0 Å². The molecule has 0 unspecified atom stereocenters. The van der Waals surface area contributed by atoms with Gasteiger partial charge in [-0.1, -0.05) is 11.6 Å². The standard InChI is InChI=1S/C12H11Cl2NO/c1-12(2,14)10-7-15-11(16-10)8-3-5-9(13)6-4-8/h3-7H,1-2H3. The van der Waals surface area contributed by atoms with Crippen LogP contribution in [0.25, 0.3) is 11.5 Å². The molecular formula is C12H11Cl2NO. The van der Waals surface area contributed by atoms with Crippen molar-refractivity contribution in [3.8, 4) is 11.5 Å².